The number of likely N-dealkylation sites (N-methyl/N-ethyl adjacent to an activating group) is 1. The van der Waals surface area contributed by atoms with Crippen molar-refractivity contribution in [3.63, 3.8) is 0 Å². The van der Waals surface area contributed by atoms with E-state index in [0.717, 1.165) is 31.8 Å². The van der Waals surface area contributed by atoms with Crippen molar-refractivity contribution in [3.8, 4) is 11.5 Å². The van der Waals surface area contributed by atoms with Gasteiger partial charge in [-0.3, -0.25) is 14.7 Å². The summed E-state index contributed by atoms with van der Waals surface area (Å²) in [6.45, 7) is 6.02. The highest BCUT2D eigenvalue weighted by atomic mass is 19.4. The third kappa shape index (κ3) is 7.92. The van der Waals surface area contributed by atoms with Crippen LogP contribution >= 0.6 is 0 Å². The number of nitrogens with zero attached hydrogens (tertiary/aromatic N) is 3. The number of urea groups is 1. The molecule has 41 heavy (non-hydrogen) atoms. The Hall–Kier alpha value is -4.23. The van der Waals surface area contributed by atoms with E-state index in [4.69, 9.17) is 4.74 Å². The molecule has 3 amide bonds. The Bertz CT molecular complexity index is 1390. The van der Waals surface area contributed by atoms with E-state index < -0.39 is 29.5 Å². The first-order valence-corrected chi connectivity index (χ1v) is 12.9. The number of pyridine rings is 1. The lowest BCUT2D eigenvalue weighted by atomic mass is 10.0. The van der Waals surface area contributed by atoms with Gasteiger partial charge in [0.05, 0.1) is 11.3 Å². The van der Waals surface area contributed by atoms with Gasteiger partial charge in [-0.1, -0.05) is 13.0 Å². The number of nitrogens with one attached hydrogen (secondary N) is 3. The lowest BCUT2D eigenvalue weighted by Crippen LogP contribution is -2.45. The number of aromatic nitrogens is 1. The molecule has 0 unspecified atom stereocenters. The minimum absolute atomic E-state index is 0.0839. The SMILES string of the molecule is CCN1CCN(Cc2ccc(NC(=O)Nc3ccc(Oc4ccnc(C(=O)NC)c4)cc3F)cc2C(F)(F)F)CC1. The summed E-state index contributed by atoms with van der Waals surface area (Å²) in [5, 5.41) is 7.06. The van der Waals surface area contributed by atoms with Crippen molar-refractivity contribution < 1.29 is 31.9 Å². The zero-order chi connectivity index (χ0) is 29.6. The van der Waals surface area contributed by atoms with E-state index in [0.29, 0.717) is 13.1 Å². The predicted molar refractivity (Wildman–Crippen MR) is 146 cm³/mol. The first kappa shape index (κ1) is 29.7. The molecule has 2 aromatic carbocycles. The van der Waals surface area contributed by atoms with Crippen LogP contribution in [-0.2, 0) is 12.7 Å². The van der Waals surface area contributed by atoms with Crippen LogP contribution in [0, 0.1) is 5.82 Å². The predicted octanol–water partition coefficient (Wildman–Crippen LogP) is 5.17. The Kier molecular flexibility index (Phi) is 9.40. The number of benzene rings is 2. The molecule has 0 bridgehead atoms. The maximum Gasteiger partial charge on any atom is 0.416 e. The average molecular weight is 575 g/mol. The lowest BCUT2D eigenvalue weighted by molar-refractivity contribution is -0.138. The van der Waals surface area contributed by atoms with Gasteiger partial charge in [0.2, 0.25) is 0 Å². The second kappa shape index (κ2) is 13.0. The lowest BCUT2D eigenvalue weighted by Gasteiger charge is -2.34. The van der Waals surface area contributed by atoms with Crippen molar-refractivity contribution in [1.29, 1.82) is 0 Å². The molecule has 218 valence electrons. The third-order valence-corrected chi connectivity index (χ3v) is 6.59. The Balaban J connectivity index is 1.40. The summed E-state index contributed by atoms with van der Waals surface area (Å²) >= 11 is 0. The van der Waals surface area contributed by atoms with Crippen LogP contribution in [0.15, 0.2) is 54.7 Å². The van der Waals surface area contributed by atoms with Crippen LogP contribution < -0.4 is 20.7 Å². The van der Waals surface area contributed by atoms with E-state index in [2.05, 4.69) is 25.8 Å². The van der Waals surface area contributed by atoms with Crippen LogP contribution in [-0.4, -0.2) is 66.5 Å². The van der Waals surface area contributed by atoms with Crippen molar-refractivity contribution in [1.82, 2.24) is 20.1 Å². The summed E-state index contributed by atoms with van der Waals surface area (Å²) in [7, 11) is 1.45. The Labute approximate surface area is 234 Å². The van der Waals surface area contributed by atoms with E-state index in [1.54, 1.807) is 0 Å². The summed E-state index contributed by atoms with van der Waals surface area (Å²) in [5.41, 5.74) is -0.908. The zero-order valence-electron chi connectivity index (χ0n) is 22.5. The molecular weight excluding hydrogens is 544 g/mol. The maximum atomic E-state index is 14.7. The van der Waals surface area contributed by atoms with Crippen molar-refractivity contribution >= 4 is 23.3 Å². The van der Waals surface area contributed by atoms with Crippen LogP contribution in [0.3, 0.4) is 0 Å². The Morgan fingerprint density at radius 2 is 1.66 bits per heavy atom. The molecular formula is C28H30F4N6O3. The summed E-state index contributed by atoms with van der Waals surface area (Å²) in [6, 6.07) is 9.22. The van der Waals surface area contributed by atoms with Gasteiger partial charge in [-0.2, -0.15) is 13.2 Å². The second-order valence-corrected chi connectivity index (χ2v) is 9.36. The molecule has 2 heterocycles. The molecule has 0 spiro atoms. The van der Waals surface area contributed by atoms with E-state index in [1.807, 2.05) is 11.8 Å². The van der Waals surface area contributed by atoms with Crippen LogP contribution in [0.5, 0.6) is 11.5 Å². The van der Waals surface area contributed by atoms with E-state index in [-0.39, 0.29) is 40.7 Å². The second-order valence-electron chi connectivity index (χ2n) is 9.36. The highest BCUT2D eigenvalue weighted by Crippen LogP contribution is 2.35. The van der Waals surface area contributed by atoms with Gasteiger partial charge in [-0.25, -0.2) is 9.18 Å². The number of hydrogen-bond acceptors (Lipinski definition) is 6. The van der Waals surface area contributed by atoms with Crippen molar-refractivity contribution in [2.24, 2.45) is 0 Å². The molecule has 1 fully saturated rings. The van der Waals surface area contributed by atoms with E-state index in [9.17, 15) is 27.2 Å². The molecule has 3 N–H and O–H groups in total. The molecule has 0 aliphatic carbocycles. The average Bonchev–Trinajstić information content (AvgIpc) is 2.95. The van der Waals surface area contributed by atoms with Gasteiger partial charge in [0, 0.05) is 63.8 Å². The summed E-state index contributed by atoms with van der Waals surface area (Å²) < 4.78 is 61.9. The van der Waals surface area contributed by atoms with Gasteiger partial charge >= 0.3 is 12.2 Å². The number of ether oxygens (including phenoxy) is 1. The van der Waals surface area contributed by atoms with Crippen molar-refractivity contribution in [2.45, 2.75) is 19.6 Å². The number of carbonyl (C=O) groups excluding carboxylic acids is 2. The van der Waals surface area contributed by atoms with Crippen LogP contribution in [0.25, 0.3) is 0 Å². The first-order chi connectivity index (χ1) is 19.5. The molecule has 9 nitrogen and oxygen atoms in total. The number of rotatable bonds is 8. The molecule has 4 rings (SSSR count). The van der Waals surface area contributed by atoms with Gasteiger partial charge in [0.25, 0.3) is 5.91 Å². The van der Waals surface area contributed by atoms with Gasteiger partial charge < -0.3 is 25.6 Å². The van der Waals surface area contributed by atoms with Crippen LogP contribution in [0.2, 0.25) is 0 Å². The Morgan fingerprint density at radius 1 is 0.951 bits per heavy atom. The molecule has 0 radical (unpaired) electrons. The highest BCUT2D eigenvalue weighted by molar-refractivity contribution is 6.00. The zero-order valence-corrected chi connectivity index (χ0v) is 22.5. The number of halogens is 4. The van der Waals surface area contributed by atoms with Gasteiger partial charge in [-0.15, -0.1) is 0 Å². The number of piperazine rings is 1. The summed E-state index contributed by atoms with van der Waals surface area (Å²) in [4.78, 5) is 32.4. The summed E-state index contributed by atoms with van der Waals surface area (Å²) in [5.74, 6) is -0.935. The summed E-state index contributed by atoms with van der Waals surface area (Å²) in [6.07, 6.45) is -3.26. The molecule has 1 aromatic heterocycles. The highest BCUT2D eigenvalue weighted by Gasteiger charge is 2.34. The van der Waals surface area contributed by atoms with Gasteiger partial charge in [0.1, 0.15) is 23.0 Å². The van der Waals surface area contributed by atoms with Crippen LogP contribution in [0.1, 0.15) is 28.5 Å². The molecule has 13 heteroatoms. The van der Waals surface area contributed by atoms with Gasteiger partial charge in [-0.05, 0) is 42.4 Å². The quantitative estimate of drug-likeness (QED) is 0.321. The number of hydrogen-bond donors (Lipinski definition) is 3. The van der Waals surface area contributed by atoms with Crippen molar-refractivity contribution in [2.75, 3.05) is 50.4 Å². The standard InChI is InChI=1S/C28H30F4N6O3/c1-3-37-10-12-38(13-11-37)17-18-4-5-19(14-22(18)28(30,31)32)35-27(40)36-24-7-6-20(15-23(24)29)41-21-8-9-34-25(16-21)26(39)33-2/h4-9,14-16H,3,10-13,17H2,1-2H3,(H,33,39)(H2,35,36,40). The smallest absolute Gasteiger partial charge is 0.416 e. The number of anilines is 2. The maximum absolute atomic E-state index is 14.7. The minimum Gasteiger partial charge on any atom is -0.457 e. The largest absolute Gasteiger partial charge is 0.457 e. The number of amides is 3. The molecule has 0 atom stereocenters. The van der Waals surface area contributed by atoms with Crippen molar-refractivity contribution in [3.05, 3.63) is 77.4 Å². The number of alkyl halides is 3. The molecule has 1 aliphatic rings. The molecule has 1 saturated heterocycles. The number of carbonyl (C=O) groups is 2. The topological polar surface area (TPSA) is 98.8 Å². The van der Waals surface area contributed by atoms with Crippen LogP contribution in [0.4, 0.5) is 33.7 Å². The fraction of sp³-hybridized carbons (Fsp3) is 0.321. The minimum atomic E-state index is -4.62. The van der Waals surface area contributed by atoms with E-state index >= 15 is 0 Å². The normalized spacial score (nSPS) is 14.4. The fourth-order valence-electron chi connectivity index (χ4n) is 4.37. The third-order valence-electron chi connectivity index (χ3n) is 6.59. The monoisotopic (exact) mass is 574 g/mol. The van der Waals surface area contributed by atoms with Gasteiger partial charge in [0.15, 0.2) is 0 Å². The molecule has 3 aromatic rings. The first-order valence-electron chi connectivity index (χ1n) is 12.9. The van der Waals surface area contributed by atoms with E-state index in [1.165, 1.54) is 49.6 Å². The molecule has 0 saturated carbocycles. The molecule has 1 aliphatic heterocycles. The Morgan fingerprint density at radius 3 is 2.32 bits per heavy atom. The fourth-order valence-corrected chi connectivity index (χ4v) is 4.37.